The van der Waals surface area contributed by atoms with E-state index in [1.165, 1.54) is 18.2 Å². The van der Waals surface area contributed by atoms with E-state index >= 15 is 0 Å². The Balaban J connectivity index is 1.89. The molecule has 0 bridgehead atoms. The Bertz CT molecular complexity index is 958. The van der Waals surface area contributed by atoms with Crippen LogP contribution in [0.3, 0.4) is 0 Å². The maximum atomic E-state index is 12.6. The number of rotatable bonds is 5. The molecule has 6 heteroatoms. The number of para-hydroxylation sites is 1. The van der Waals surface area contributed by atoms with Gasteiger partial charge in [-0.3, -0.25) is 14.9 Å². The van der Waals surface area contributed by atoms with Crippen molar-refractivity contribution < 1.29 is 9.72 Å². The lowest BCUT2D eigenvalue weighted by molar-refractivity contribution is -0.385. The lowest BCUT2D eigenvalue weighted by Gasteiger charge is -2.11. The van der Waals surface area contributed by atoms with Crippen LogP contribution in [-0.2, 0) is 6.42 Å². The van der Waals surface area contributed by atoms with Gasteiger partial charge in [0.05, 0.1) is 4.92 Å². The number of amides is 1. The molecule has 0 radical (unpaired) electrons. The first-order chi connectivity index (χ1) is 12.5. The van der Waals surface area contributed by atoms with E-state index in [4.69, 9.17) is 11.6 Å². The summed E-state index contributed by atoms with van der Waals surface area (Å²) in [5.74, 6) is -0.570. The molecule has 3 aromatic carbocycles. The summed E-state index contributed by atoms with van der Waals surface area (Å²) in [6.07, 6.45) is 0.634. The smallest absolute Gasteiger partial charge is 0.282 e. The summed E-state index contributed by atoms with van der Waals surface area (Å²) in [6, 6.07) is 21.1. The maximum Gasteiger partial charge on any atom is 0.282 e. The fraction of sp³-hybridized carbons (Fsp3) is 0.0500. The second-order valence-electron chi connectivity index (χ2n) is 5.69. The van der Waals surface area contributed by atoms with Crippen LogP contribution < -0.4 is 5.32 Å². The first-order valence-electron chi connectivity index (χ1n) is 7.92. The largest absolute Gasteiger partial charge is 0.322 e. The first kappa shape index (κ1) is 17.6. The van der Waals surface area contributed by atoms with Crippen molar-refractivity contribution in [2.75, 3.05) is 5.32 Å². The van der Waals surface area contributed by atoms with Crippen LogP contribution in [0, 0.1) is 10.1 Å². The van der Waals surface area contributed by atoms with Crippen molar-refractivity contribution in [3.8, 4) is 0 Å². The van der Waals surface area contributed by atoms with Crippen molar-refractivity contribution in [2.24, 2.45) is 0 Å². The molecule has 0 saturated carbocycles. The van der Waals surface area contributed by atoms with Crippen molar-refractivity contribution in [3.63, 3.8) is 0 Å². The SMILES string of the molecule is O=C(Nc1ccccc1Cc1ccccc1)c1cc(Cl)ccc1[N+](=O)[O-]. The summed E-state index contributed by atoms with van der Waals surface area (Å²) < 4.78 is 0. The van der Waals surface area contributed by atoms with Crippen LogP contribution in [0.1, 0.15) is 21.5 Å². The number of halogens is 1. The predicted molar refractivity (Wildman–Crippen MR) is 102 cm³/mol. The number of anilines is 1. The summed E-state index contributed by atoms with van der Waals surface area (Å²) in [7, 11) is 0. The number of carbonyl (C=O) groups excluding carboxylic acids is 1. The average molecular weight is 367 g/mol. The van der Waals surface area contributed by atoms with Gasteiger partial charge in [0.15, 0.2) is 0 Å². The third-order valence-corrected chi connectivity index (χ3v) is 4.14. The molecule has 1 amide bonds. The number of hydrogen-bond acceptors (Lipinski definition) is 3. The van der Waals surface area contributed by atoms with Crippen LogP contribution in [0.15, 0.2) is 72.8 Å². The highest BCUT2D eigenvalue weighted by molar-refractivity contribution is 6.31. The van der Waals surface area contributed by atoms with Gasteiger partial charge in [0.25, 0.3) is 11.6 Å². The molecule has 26 heavy (non-hydrogen) atoms. The van der Waals surface area contributed by atoms with Gasteiger partial charge in [-0.1, -0.05) is 60.1 Å². The lowest BCUT2D eigenvalue weighted by atomic mass is 10.0. The molecule has 5 nitrogen and oxygen atoms in total. The van der Waals surface area contributed by atoms with Gasteiger partial charge in [-0.2, -0.15) is 0 Å². The molecule has 0 spiro atoms. The fourth-order valence-corrected chi connectivity index (χ4v) is 2.82. The molecule has 0 aromatic heterocycles. The minimum absolute atomic E-state index is 0.0722. The number of nitrogens with zero attached hydrogens (tertiary/aromatic N) is 1. The molecular weight excluding hydrogens is 352 g/mol. The van der Waals surface area contributed by atoms with Crippen molar-refractivity contribution in [3.05, 3.63) is 105 Å². The fourth-order valence-electron chi connectivity index (χ4n) is 2.65. The first-order valence-corrected chi connectivity index (χ1v) is 8.29. The second kappa shape index (κ2) is 7.80. The zero-order valence-electron chi connectivity index (χ0n) is 13.7. The molecule has 0 atom stereocenters. The Morgan fingerprint density at radius 2 is 1.69 bits per heavy atom. The molecule has 1 N–H and O–H groups in total. The zero-order valence-corrected chi connectivity index (χ0v) is 14.4. The molecule has 3 rings (SSSR count). The lowest BCUT2D eigenvalue weighted by Crippen LogP contribution is -2.15. The van der Waals surface area contributed by atoms with Crippen LogP contribution in [0.25, 0.3) is 0 Å². The monoisotopic (exact) mass is 366 g/mol. The third kappa shape index (κ3) is 4.07. The summed E-state index contributed by atoms with van der Waals surface area (Å²) in [6.45, 7) is 0. The summed E-state index contributed by atoms with van der Waals surface area (Å²) in [4.78, 5) is 23.2. The molecule has 0 aliphatic carbocycles. The molecule has 0 aliphatic rings. The number of nitro groups is 1. The Morgan fingerprint density at radius 1 is 1.00 bits per heavy atom. The van der Waals surface area contributed by atoms with E-state index in [2.05, 4.69) is 5.32 Å². The molecular formula is C20H15ClN2O3. The highest BCUT2D eigenvalue weighted by atomic mass is 35.5. The molecule has 0 fully saturated rings. The van der Waals surface area contributed by atoms with Crippen LogP contribution in [-0.4, -0.2) is 10.8 Å². The summed E-state index contributed by atoms with van der Waals surface area (Å²) in [5, 5.41) is 14.2. The standard InChI is InChI=1S/C20H15ClN2O3/c21-16-10-11-19(23(25)26)17(13-16)20(24)22-18-9-5-4-8-15(18)12-14-6-2-1-3-7-14/h1-11,13H,12H2,(H,22,24). The number of nitrogens with one attached hydrogen (secondary N) is 1. The van der Waals surface area contributed by atoms with E-state index in [-0.39, 0.29) is 16.3 Å². The molecule has 0 aliphatic heterocycles. The number of benzene rings is 3. The molecule has 3 aromatic rings. The average Bonchev–Trinajstić information content (AvgIpc) is 2.64. The minimum atomic E-state index is -0.596. The topological polar surface area (TPSA) is 72.2 Å². The summed E-state index contributed by atoms with van der Waals surface area (Å²) in [5.41, 5.74) is 2.26. The van der Waals surface area contributed by atoms with Crippen LogP contribution in [0.5, 0.6) is 0 Å². The second-order valence-corrected chi connectivity index (χ2v) is 6.13. The number of carbonyl (C=O) groups is 1. The van der Waals surface area contributed by atoms with E-state index in [0.717, 1.165) is 11.1 Å². The molecule has 130 valence electrons. The summed E-state index contributed by atoms with van der Waals surface area (Å²) >= 11 is 5.90. The minimum Gasteiger partial charge on any atom is -0.322 e. The van der Waals surface area contributed by atoms with Gasteiger partial charge in [-0.05, 0) is 35.7 Å². The van der Waals surface area contributed by atoms with Crippen molar-refractivity contribution in [1.82, 2.24) is 0 Å². The molecule has 0 saturated heterocycles. The third-order valence-electron chi connectivity index (χ3n) is 3.90. The highest BCUT2D eigenvalue weighted by Crippen LogP contribution is 2.25. The van der Waals surface area contributed by atoms with E-state index in [0.29, 0.717) is 12.1 Å². The van der Waals surface area contributed by atoms with Crippen LogP contribution in [0.2, 0.25) is 5.02 Å². The maximum absolute atomic E-state index is 12.6. The van der Waals surface area contributed by atoms with Gasteiger partial charge in [0, 0.05) is 16.8 Å². The molecule has 0 heterocycles. The number of nitro benzene ring substituents is 1. The number of hydrogen-bond donors (Lipinski definition) is 1. The Labute approximate surface area is 155 Å². The van der Waals surface area contributed by atoms with Gasteiger partial charge in [-0.15, -0.1) is 0 Å². The van der Waals surface area contributed by atoms with E-state index < -0.39 is 10.8 Å². The Hall–Kier alpha value is -3.18. The predicted octanol–water partition coefficient (Wildman–Crippen LogP) is 5.09. The van der Waals surface area contributed by atoms with Crippen LogP contribution in [0.4, 0.5) is 11.4 Å². The van der Waals surface area contributed by atoms with Crippen molar-refractivity contribution in [2.45, 2.75) is 6.42 Å². The highest BCUT2D eigenvalue weighted by Gasteiger charge is 2.21. The quantitative estimate of drug-likeness (QED) is 0.505. The van der Waals surface area contributed by atoms with E-state index in [1.54, 1.807) is 12.1 Å². The zero-order chi connectivity index (χ0) is 18.5. The van der Waals surface area contributed by atoms with E-state index in [9.17, 15) is 14.9 Å². The van der Waals surface area contributed by atoms with Gasteiger partial charge in [0.2, 0.25) is 0 Å². The van der Waals surface area contributed by atoms with Crippen LogP contribution >= 0.6 is 11.6 Å². The van der Waals surface area contributed by atoms with Gasteiger partial charge < -0.3 is 5.32 Å². The van der Waals surface area contributed by atoms with E-state index in [1.807, 2.05) is 42.5 Å². The Morgan fingerprint density at radius 3 is 2.42 bits per heavy atom. The van der Waals surface area contributed by atoms with Crippen molar-refractivity contribution >= 4 is 28.9 Å². The van der Waals surface area contributed by atoms with Gasteiger partial charge in [-0.25, -0.2) is 0 Å². The van der Waals surface area contributed by atoms with Crippen molar-refractivity contribution in [1.29, 1.82) is 0 Å². The Kier molecular flexibility index (Phi) is 5.29. The van der Waals surface area contributed by atoms with Gasteiger partial charge >= 0.3 is 0 Å². The molecule has 0 unspecified atom stereocenters. The van der Waals surface area contributed by atoms with Gasteiger partial charge in [0.1, 0.15) is 5.56 Å². The normalized spacial score (nSPS) is 10.3.